The average Bonchev–Trinajstić information content (AvgIpc) is 2.82. The Bertz CT molecular complexity index is 342. The molecule has 2 rings (SSSR count). The summed E-state index contributed by atoms with van der Waals surface area (Å²) in [4.78, 5) is 0. The van der Waals surface area contributed by atoms with Gasteiger partial charge < -0.3 is 5.32 Å². The molecule has 2 saturated carbocycles. The van der Waals surface area contributed by atoms with Gasteiger partial charge in [0.2, 0.25) is 0 Å². The Hall–Kier alpha value is -0.0900. The van der Waals surface area contributed by atoms with Gasteiger partial charge >= 0.3 is 0 Å². The smallest absolute Gasteiger partial charge is 0.148 e. The van der Waals surface area contributed by atoms with Gasteiger partial charge in [-0.05, 0) is 43.9 Å². The number of sulfone groups is 1. The number of hydrogen-bond acceptors (Lipinski definition) is 3. The molecule has 4 heteroatoms. The topological polar surface area (TPSA) is 46.2 Å². The van der Waals surface area contributed by atoms with E-state index in [0.717, 1.165) is 12.5 Å². The van der Waals surface area contributed by atoms with Crippen LogP contribution < -0.4 is 5.32 Å². The van der Waals surface area contributed by atoms with Crippen molar-refractivity contribution in [1.82, 2.24) is 5.32 Å². The first-order chi connectivity index (χ1) is 7.41. The van der Waals surface area contributed by atoms with Gasteiger partial charge in [-0.1, -0.05) is 6.42 Å². The second kappa shape index (κ2) is 4.30. The Balaban J connectivity index is 1.78. The van der Waals surface area contributed by atoms with E-state index in [-0.39, 0.29) is 11.8 Å². The number of hydrogen-bond donors (Lipinski definition) is 1. The molecule has 0 heterocycles. The van der Waals surface area contributed by atoms with Crippen LogP contribution >= 0.6 is 0 Å². The first-order valence-corrected chi connectivity index (χ1v) is 8.38. The van der Waals surface area contributed by atoms with Crippen molar-refractivity contribution >= 4 is 9.84 Å². The van der Waals surface area contributed by atoms with Crippen LogP contribution in [-0.4, -0.2) is 33.0 Å². The summed E-state index contributed by atoms with van der Waals surface area (Å²) in [5.41, 5.74) is 0.533. The molecule has 0 amide bonds. The van der Waals surface area contributed by atoms with Crippen LogP contribution in [0, 0.1) is 11.3 Å². The van der Waals surface area contributed by atoms with E-state index in [1.165, 1.54) is 38.4 Å². The van der Waals surface area contributed by atoms with Gasteiger partial charge in [-0.2, -0.15) is 0 Å². The minimum atomic E-state index is -2.85. The standard InChI is InChI=1S/C12H23NO2S/c1-10(8-16(2,14)15)13-9-12(6-3-7-12)11-4-5-11/h10-11,13H,3-9H2,1-2H3. The van der Waals surface area contributed by atoms with Gasteiger partial charge in [-0.15, -0.1) is 0 Å². The van der Waals surface area contributed by atoms with Crippen molar-refractivity contribution in [2.75, 3.05) is 18.6 Å². The van der Waals surface area contributed by atoms with Gasteiger partial charge in [0.25, 0.3) is 0 Å². The van der Waals surface area contributed by atoms with Crippen LogP contribution in [-0.2, 0) is 9.84 Å². The Morgan fingerprint density at radius 3 is 2.38 bits per heavy atom. The van der Waals surface area contributed by atoms with E-state index in [4.69, 9.17) is 0 Å². The highest BCUT2D eigenvalue weighted by Gasteiger charge is 2.48. The minimum Gasteiger partial charge on any atom is -0.313 e. The van der Waals surface area contributed by atoms with Crippen molar-refractivity contribution < 1.29 is 8.42 Å². The summed E-state index contributed by atoms with van der Waals surface area (Å²) in [5, 5.41) is 3.42. The molecule has 0 bridgehead atoms. The lowest BCUT2D eigenvalue weighted by Gasteiger charge is -2.43. The molecule has 0 radical (unpaired) electrons. The molecule has 2 aliphatic carbocycles. The van der Waals surface area contributed by atoms with Crippen LogP contribution in [0.3, 0.4) is 0 Å². The fourth-order valence-electron chi connectivity index (χ4n) is 2.95. The van der Waals surface area contributed by atoms with E-state index in [1.807, 2.05) is 6.92 Å². The van der Waals surface area contributed by atoms with Crippen molar-refractivity contribution in [3.63, 3.8) is 0 Å². The van der Waals surface area contributed by atoms with Gasteiger partial charge in [0.15, 0.2) is 0 Å². The van der Waals surface area contributed by atoms with E-state index >= 15 is 0 Å². The third kappa shape index (κ3) is 2.98. The maximum Gasteiger partial charge on any atom is 0.148 e. The molecular weight excluding hydrogens is 222 g/mol. The van der Waals surface area contributed by atoms with Crippen LogP contribution in [0.15, 0.2) is 0 Å². The molecule has 2 aliphatic rings. The highest BCUT2D eigenvalue weighted by molar-refractivity contribution is 7.90. The van der Waals surface area contributed by atoms with Crippen molar-refractivity contribution in [2.24, 2.45) is 11.3 Å². The molecule has 0 aliphatic heterocycles. The average molecular weight is 245 g/mol. The molecule has 2 fully saturated rings. The number of rotatable bonds is 6. The SMILES string of the molecule is CC(CS(C)(=O)=O)NCC1(C2CC2)CCC1. The first kappa shape index (κ1) is 12.4. The summed E-state index contributed by atoms with van der Waals surface area (Å²) in [6, 6.07) is 0.0891. The Morgan fingerprint density at radius 1 is 1.38 bits per heavy atom. The zero-order valence-corrected chi connectivity index (χ0v) is 11.1. The molecule has 0 aromatic rings. The van der Waals surface area contributed by atoms with Crippen molar-refractivity contribution in [3.05, 3.63) is 0 Å². The van der Waals surface area contributed by atoms with Crippen LogP contribution in [0.1, 0.15) is 39.0 Å². The molecule has 1 atom stereocenters. The summed E-state index contributed by atoms with van der Waals surface area (Å²) in [6.07, 6.45) is 8.14. The Morgan fingerprint density at radius 2 is 2.00 bits per heavy atom. The van der Waals surface area contributed by atoms with E-state index in [9.17, 15) is 8.42 Å². The van der Waals surface area contributed by atoms with Gasteiger partial charge in [0.1, 0.15) is 9.84 Å². The lowest BCUT2D eigenvalue weighted by Crippen LogP contribution is -2.46. The highest BCUT2D eigenvalue weighted by Crippen LogP contribution is 2.56. The van der Waals surface area contributed by atoms with Crippen LogP contribution in [0.2, 0.25) is 0 Å². The summed E-state index contributed by atoms with van der Waals surface area (Å²) in [5.74, 6) is 1.19. The van der Waals surface area contributed by atoms with E-state index in [1.54, 1.807) is 0 Å². The predicted octanol–water partition coefficient (Wildman–Crippen LogP) is 1.59. The molecule has 16 heavy (non-hydrogen) atoms. The fraction of sp³-hybridized carbons (Fsp3) is 1.00. The molecule has 1 unspecified atom stereocenters. The Kier molecular flexibility index (Phi) is 3.32. The van der Waals surface area contributed by atoms with Gasteiger partial charge in [-0.25, -0.2) is 8.42 Å². The fourth-order valence-corrected chi connectivity index (χ4v) is 3.97. The lowest BCUT2D eigenvalue weighted by molar-refractivity contribution is 0.0964. The summed E-state index contributed by atoms with van der Waals surface area (Å²) < 4.78 is 22.3. The molecule has 3 nitrogen and oxygen atoms in total. The van der Waals surface area contributed by atoms with Crippen LogP contribution in [0.25, 0.3) is 0 Å². The van der Waals surface area contributed by atoms with Gasteiger partial charge in [0, 0.05) is 18.8 Å². The third-order valence-corrected chi connectivity index (χ3v) is 5.25. The largest absolute Gasteiger partial charge is 0.313 e. The first-order valence-electron chi connectivity index (χ1n) is 6.32. The van der Waals surface area contributed by atoms with Gasteiger partial charge in [0.05, 0.1) is 5.75 Å². The minimum absolute atomic E-state index is 0.0891. The lowest BCUT2D eigenvalue weighted by atomic mass is 9.65. The van der Waals surface area contributed by atoms with Crippen molar-refractivity contribution in [1.29, 1.82) is 0 Å². The maximum absolute atomic E-state index is 11.2. The third-order valence-electron chi connectivity index (χ3n) is 4.15. The summed E-state index contributed by atoms with van der Waals surface area (Å²) in [7, 11) is -2.85. The molecule has 1 N–H and O–H groups in total. The Labute approximate surface area is 98.9 Å². The molecule has 0 saturated heterocycles. The predicted molar refractivity (Wildman–Crippen MR) is 66.2 cm³/mol. The second-order valence-corrected chi connectivity index (χ2v) is 8.05. The summed E-state index contributed by atoms with van der Waals surface area (Å²) in [6.45, 7) is 2.99. The van der Waals surface area contributed by atoms with Crippen LogP contribution in [0.4, 0.5) is 0 Å². The van der Waals surface area contributed by atoms with Crippen molar-refractivity contribution in [2.45, 2.75) is 45.1 Å². The highest BCUT2D eigenvalue weighted by atomic mass is 32.2. The quantitative estimate of drug-likeness (QED) is 0.773. The monoisotopic (exact) mass is 245 g/mol. The normalized spacial score (nSPS) is 26.1. The van der Waals surface area contributed by atoms with Gasteiger partial charge in [-0.3, -0.25) is 0 Å². The van der Waals surface area contributed by atoms with Crippen LogP contribution in [0.5, 0.6) is 0 Å². The van der Waals surface area contributed by atoms with E-state index in [2.05, 4.69) is 5.32 Å². The zero-order valence-electron chi connectivity index (χ0n) is 10.3. The second-order valence-electron chi connectivity index (χ2n) is 5.86. The van der Waals surface area contributed by atoms with Crippen molar-refractivity contribution in [3.8, 4) is 0 Å². The maximum atomic E-state index is 11.2. The number of nitrogens with one attached hydrogen (secondary N) is 1. The van der Waals surface area contributed by atoms with E-state index < -0.39 is 9.84 Å². The molecule has 94 valence electrons. The van der Waals surface area contributed by atoms with E-state index in [0.29, 0.717) is 5.41 Å². The zero-order chi connectivity index (χ0) is 11.8. The molecule has 0 aromatic heterocycles. The molecule has 0 spiro atoms. The molecular formula is C12H23NO2S. The summed E-state index contributed by atoms with van der Waals surface area (Å²) >= 11 is 0. The molecule has 0 aromatic carbocycles.